The van der Waals surface area contributed by atoms with E-state index >= 15 is 0 Å². The molecule has 2 heterocycles. The third kappa shape index (κ3) is 5.25. The number of nitrogens with zero attached hydrogens (tertiary/aromatic N) is 3. The molecule has 10 heteroatoms. The van der Waals surface area contributed by atoms with Crippen molar-refractivity contribution in [2.24, 2.45) is 4.99 Å². The first-order valence-corrected chi connectivity index (χ1v) is 12.7. The summed E-state index contributed by atoms with van der Waals surface area (Å²) in [6, 6.07) is 12.4. The first kappa shape index (κ1) is 23.4. The van der Waals surface area contributed by atoms with E-state index in [1.807, 2.05) is 47.3 Å². The highest BCUT2D eigenvalue weighted by Gasteiger charge is 2.28. The quantitative estimate of drug-likeness (QED) is 0.533. The first-order valence-electron chi connectivity index (χ1n) is 10.4. The average Bonchev–Trinajstić information content (AvgIpc) is 3.26. The Balaban J connectivity index is 1.66. The standard InChI is InChI=1S/C23H25N3O5S2/c1-17-3-5-18(6-4-17)16-25-11-14-32-23(25)24-22(27)20-15-19(7-8-21(20)30-2)33(28,29)26-9-12-31-13-10-26/h3-8,11,14-15H,9-10,12-13,16H2,1-2H3. The molecule has 2 aromatic carbocycles. The van der Waals surface area contributed by atoms with Crippen LogP contribution in [0, 0.1) is 6.92 Å². The molecule has 3 aromatic rings. The second-order valence-electron chi connectivity index (χ2n) is 7.59. The number of hydrogen-bond donors (Lipinski definition) is 0. The van der Waals surface area contributed by atoms with Crippen LogP contribution < -0.4 is 9.54 Å². The Morgan fingerprint density at radius 3 is 2.58 bits per heavy atom. The molecular formula is C23H25N3O5S2. The number of carbonyl (C=O) groups excluding carboxylic acids is 1. The number of aryl methyl sites for hydroxylation is 1. The molecule has 0 N–H and O–H groups in total. The van der Waals surface area contributed by atoms with Gasteiger partial charge >= 0.3 is 0 Å². The van der Waals surface area contributed by atoms with Crippen molar-refractivity contribution in [2.45, 2.75) is 18.4 Å². The molecule has 1 aromatic heterocycles. The maximum Gasteiger partial charge on any atom is 0.283 e. The highest BCUT2D eigenvalue weighted by Crippen LogP contribution is 2.25. The molecule has 0 spiro atoms. The fraction of sp³-hybridized carbons (Fsp3) is 0.304. The molecular weight excluding hydrogens is 462 g/mol. The second-order valence-corrected chi connectivity index (χ2v) is 10.4. The van der Waals surface area contributed by atoms with Gasteiger partial charge in [-0.1, -0.05) is 29.8 Å². The van der Waals surface area contributed by atoms with Crippen LogP contribution in [0.25, 0.3) is 0 Å². The minimum absolute atomic E-state index is 0.0301. The van der Waals surface area contributed by atoms with E-state index in [0.29, 0.717) is 24.6 Å². The van der Waals surface area contributed by atoms with Gasteiger partial charge in [0.05, 0.1) is 30.8 Å². The summed E-state index contributed by atoms with van der Waals surface area (Å²) in [5.41, 5.74) is 2.36. The van der Waals surface area contributed by atoms with Gasteiger partial charge in [-0.25, -0.2) is 8.42 Å². The third-order valence-electron chi connectivity index (χ3n) is 5.34. The van der Waals surface area contributed by atoms with Gasteiger partial charge in [-0.05, 0) is 30.7 Å². The molecule has 1 amide bonds. The van der Waals surface area contributed by atoms with Crippen LogP contribution in [0.5, 0.6) is 5.75 Å². The number of rotatable bonds is 6. The first-order chi connectivity index (χ1) is 15.9. The van der Waals surface area contributed by atoms with Crippen molar-refractivity contribution in [1.82, 2.24) is 8.87 Å². The summed E-state index contributed by atoms with van der Waals surface area (Å²) < 4.78 is 39.9. The van der Waals surface area contributed by atoms with E-state index in [1.165, 1.54) is 46.5 Å². The predicted octanol–water partition coefficient (Wildman–Crippen LogP) is 2.68. The predicted molar refractivity (Wildman–Crippen MR) is 125 cm³/mol. The lowest BCUT2D eigenvalue weighted by atomic mass is 10.1. The van der Waals surface area contributed by atoms with Crippen molar-refractivity contribution in [3.8, 4) is 5.75 Å². The molecule has 0 bridgehead atoms. The Hall–Kier alpha value is -2.79. The molecule has 1 fully saturated rings. The number of benzene rings is 2. The monoisotopic (exact) mass is 487 g/mol. The van der Waals surface area contributed by atoms with Gasteiger partial charge in [-0.3, -0.25) is 4.79 Å². The number of ether oxygens (including phenoxy) is 2. The van der Waals surface area contributed by atoms with Crippen LogP contribution in [0.15, 0.2) is 63.9 Å². The molecule has 33 heavy (non-hydrogen) atoms. The Morgan fingerprint density at radius 2 is 1.88 bits per heavy atom. The van der Waals surface area contributed by atoms with E-state index in [4.69, 9.17) is 9.47 Å². The van der Waals surface area contributed by atoms with Crippen LogP contribution in [0.3, 0.4) is 0 Å². The summed E-state index contributed by atoms with van der Waals surface area (Å²) in [5, 5.41) is 1.86. The van der Waals surface area contributed by atoms with Crippen molar-refractivity contribution >= 4 is 27.3 Å². The van der Waals surface area contributed by atoms with Crippen LogP contribution in [0.2, 0.25) is 0 Å². The number of morpholine rings is 1. The minimum atomic E-state index is -3.76. The van der Waals surface area contributed by atoms with Crippen molar-refractivity contribution < 1.29 is 22.7 Å². The zero-order valence-corrected chi connectivity index (χ0v) is 20.1. The number of amides is 1. The van der Waals surface area contributed by atoms with Gasteiger partial charge in [-0.15, -0.1) is 11.3 Å². The number of methoxy groups -OCH3 is 1. The van der Waals surface area contributed by atoms with E-state index in [-0.39, 0.29) is 29.3 Å². The number of sulfonamides is 1. The van der Waals surface area contributed by atoms with Crippen LogP contribution >= 0.6 is 11.3 Å². The smallest absolute Gasteiger partial charge is 0.283 e. The third-order valence-corrected chi connectivity index (χ3v) is 8.03. The summed E-state index contributed by atoms with van der Waals surface area (Å²) >= 11 is 1.34. The molecule has 1 aliphatic heterocycles. The van der Waals surface area contributed by atoms with Gasteiger partial charge in [0.1, 0.15) is 5.75 Å². The van der Waals surface area contributed by atoms with E-state index < -0.39 is 15.9 Å². The molecule has 4 rings (SSSR count). The number of aromatic nitrogens is 1. The number of thiazole rings is 1. The fourth-order valence-corrected chi connectivity index (χ4v) is 5.66. The minimum Gasteiger partial charge on any atom is -0.496 e. The summed E-state index contributed by atoms with van der Waals surface area (Å²) in [5.74, 6) is -0.294. The topological polar surface area (TPSA) is 90.2 Å². The zero-order valence-electron chi connectivity index (χ0n) is 18.4. The molecule has 0 saturated carbocycles. The van der Waals surface area contributed by atoms with Gasteiger partial charge in [0.25, 0.3) is 5.91 Å². The molecule has 0 unspecified atom stereocenters. The van der Waals surface area contributed by atoms with Crippen molar-refractivity contribution in [1.29, 1.82) is 0 Å². The van der Waals surface area contributed by atoms with Crippen LogP contribution in [-0.4, -0.2) is 56.6 Å². The Bertz CT molecular complexity index is 1300. The van der Waals surface area contributed by atoms with Gasteiger partial charge in [0, 0.05) is 31.2 Å². The molecule has 1 saturated heterocycles. The molecule has 174 valence electrons. The Kier molecular flexibility index (Phi) is 7.08. The summed E-state index contributed by atoms with van der Waals surface area (Å²) in [7, 11) is -2.32. The number of carbonyl (C=O) groups is 1. The average molecular weight is 488 g/mol. The van der Waals surface area contributed by atoms with Gasteiger partial charge in [0.2, 0.25) is 10.0 Å². The summed E-state index contributed by atoms with van der Waals surface area (Å²) in [4.78, 5) is 17.9. The lowest BCUT2D eigenvalue weighted by Gasteiger charge is -2.26. The van der Waals surface area contributed by atoms with E-state index in [9.17, 15) is 13.2 Å². The van der Waals surface area contributed by atoms with E-state index in [0.717, 1.165) is 5.56 Å². The summed E-state index contributed by atoms with van der Waals surface area (Å²) in [6.07, 6.45) is 1.87. The van der Waals surface area contributed by atoms with Gasteiger partial charge in [0.15, 0.2) is 4.80 Å². The molecule has 1 aliphatic rings. The molecule has 8 nitrogen and oxygen atoms in total. The maximum absolute atomic E-state index is 13.1. The Labute approximate surface area is 196 Å². The Morgan fingerprint density at radius 1 is 1.15 bits per heavy atom. The molecule has 0 atom stereocenters. The van der Waals surface area contributed by atoms with Crippen LogP contribution in [-0.2, 0) is 21.3 Å². The SMILES string of the molecule is COc1ccc(S(=O)(=O)N2CCOCC2)cc1C(=O)N=c1sccn1Cc1ccc(C)cc1. The fourth-order valence-electron chi connectivity index (χ4n) is 3.50. The van der Waals surface area contributed by atoms with Crippen molar-refractivity contribution in [2.75, 3.05) is 33.4 Å². The van der Waals surface area contributed by atoms with Gasteiger partial charge < -0.3 is 14.0 Å². The number of hydrogen-bond acceptors (Lipinski definition) is 6. The maximum atomic E-state index is 13.1. The zero-order chi connectivity index (χ0) is 23.4. The normalized spacial score (nSPS) is 15.5. The highest BCUT2D eigenvalue weighted by atomic mass is 32.2. The largest absolute Gasteiger partial charge is 0.496 e. The van der Waals surface area contributed by atoms with E-state index in [2.05, 4.69) is 4.99 Å². The van der Waals surface area contributed by atoms with Crippen LogP contribution in [0.4, 0.5) is 0 Å². The molecule has 0 radical (unpaired) electrons. The van der Waals surface area contributed by atoms with Crippen molar-refractivity contribution in [3.63, 3.8) is 0 Å². The summed E-state index contributed by atoms with van der Waals surface area (Å²) in [6.45, 7) is 3.83. The lowest BCUT2D eigenvalue weighted by Crippen LogP contribution is -2.40. The lowest BCUT2D eigenvalue weighted by molar-refractivity contribution is 0.0730. The van der Waals surface area contributed by atoms with E-state index in [1.54, 1.807) is 0 Å². The van der Waals surface area contributed by atoms with Crippen molar-refractivity contribution in [3.05, 3.63) is 75.5 Å². The molecule has 0 aliphatic carbocycles. The highest BCUT2D eigenvalue weighted by molar-refractivity contribution is 7.89. The van der Waals surface area contributed by atoms with Gasteiger partial charge in [-0.2, -0.15) is 9.30 Å². The van der Waals surface area contributed by atoms with Crippen LogP contribution in [0.1, 0.15) is 21.5 Å². The second kappa shape index (κ2) is 10.0.